The van der Waals surface area contributed by atoms with Gasteiger partial charge in [0, 0.05) is 16.1 Å². The summed E-state index contributed by atoms with van der Waals surface area (Å²) in [6.45, 7) is 0. The highest BCUT2D eigenvalue weighted by Crippen LogP contribution is 2.41. The summed E-state index contributed by atoms with van der Waals surface area (Å²) in [6, 6.07) is 4.16. The first-order chi connectivity index (χ1) is 7.82. The molecule has 17 heavy (non-hydrogen) atoms. The van der Waals surface area contributed by atoms with Crippen molar-refractivity contribution >= 4 is 47.8 Å². The Balaban J connectivity index is 2.47. The molecule has 5 heteroatoms. The van der Waals surface area contributed by atoms with Crippen LogP contribution in [0.4, 0.5) is 8.78 Å². The number of halogens is 5. The van der Waals surface area contributed by atoms with Crippen LogP contribution in [0.15, 0.2) is 40.9 Å². The van der Waals surface area contributed by atoms with Crippen molar-refractivity contribution in [1.29, 1.82) is 0 Å². The van der Waals surface area contributed by atoms with Gasteiger partial charge >= 0.3 is 0 Å². The molecule has 0 amide bonds. The minimum atomic E-state index is -2.04. The van der Waals surface area contributed by atoms with E-state index in [-0.39, 0.29) is 5.56 Å². The molecular weight excluding hydrogens is 422 g/mol. The normalized spacial score (nSPS) is 20.5. The molecule has 0 aliphatic heterocycles. The minimum absolute atomic E-state index is 0.0603. The predicted octanol–water partition coefficient (Wildman–Crippen LogP) is 5.17. The lowest BCUT2D eigenvalue weighted by Crippen LogP contribution is -2.22. The van der Waals surface area contributed by atoms with Crippen molar-refractivity contribution in [3.05, 3.63) is 58.4 Å². The molecule has 0 bridgehead atoms. The Morgan fingerprint density at radius 2 is 1.88 bits per heavy atom. The molecule has 1 unspecified atom stereocenters. The molecule has 89 valence electrons. The smallest absolute Gasteiger partial charge is 0.182 e. The summed E-state index contributed by atoms with van der Waals surface area (Å²) in [7, 11) is 0. The molecule has 0 nitrogen and oxygen atoms in total. The highest BCUT2D eigenvalue weighted by atomic mass is 79.9. The maximum absolute atomic E-state index is 14.6. The van der Waals surface area contributed by atoms with Crippen LogP contribution in [-0.4, -0.2) is 3.23 Å². The molecule has 1 aromatic carbocycles. The van der Waals surface area contributed by atoms with Crippen molar-refractivity contribution in [2.45, 2.75) is 8.90 Å². The first-order valence-electron chi connectivity index (χ1n) is 4.67. The van der Waals surface area contributed by atoms with Crippen LogP contribution in [-0.2, 0) is 5.67 Å². The lowest BCUT2D eigenvalue weighted by Gasteiger charge is -2.25. The topological polar surface area (TPSA) is 0 Å². The van der Waals surface area contributed by atoms with Gasteiger partial charge in [-0.25, -0.2) is 8.78 Å². The van der Waals surface area contributed by atoms with E-state index in [1.807, 2.05) is 0 Å². The molecule has 2 rings (SSSR count). The third kappa shape index (κ3) is 2.88. The van der Waals surface area contributed by atoms with Gasteiger partial charge in [-0.15, -0.1) is 0 Å². The molecule has 1 radical (unpaired) electrons. The Labute approximate surface area is 123 Å². The molecule has 1 aliphatic carbocycles. The van der Waals surface area contributed by atoms with E-state index in [9.17, 15) is 8.78 Å². The summed E-state index contributed by atoms with van der Waals surface area (Å²) in [6.07, 6.45) is 6.83. The number of benzene rings is 1. The predicted molar refractivity (Wildman–Crippen MR) is 74.4 cm³/mol. The fourth-order valence-electron chi connectivity index (χ4n) is 1.47. The van der Waals surface area contributed by atoms with Gasteiger partial charge in [-0.2, -0.15) is 0 Å². The van der Waals surface area contributed by atoms with Gasteiger partial charge in [-0.1, -0.05) is 53.9 Å². The van der Waals surface area contributed by atoms with Gasteiger partial charge in [0.2, 0.25) is 0 Å². The summed E-state index contributed by atoms with van der Waals surface area (Å²) in [5.74, 6) is -0.599. The van der Waals surface area contributed by atoms with E-state index in [0.29, 0.717) is 4.47 Å². The second kappa shape index (κ2) is 4.59. The lowest BCUT2D eigenvalue weighted by atomic mass is 9.91. The number of allylic oxidation sites excluding steroid dienone is 4. The molecule has 0 spiro atoms. The maximum Gasteiger partial charge on any atom is 0.182 e. The molecule has 1 aliphatic rings. The highest BCUT2D eigenvalue weighted by Gasteiger charge is 2.35. The zero-order valence-electron chi connectivity index (χ0n) is 8.35. The summed E-state index contributed by atoms with van der Waals surface area (Å²) >= 11 is 9.78. The largest absolute Gasteiger partial charge is 0.229 e. The van der Waals surface area contributed by atoms with Gasteiger partial charge in [0.05, 0.1) is 0 Å². The number of hydrogen-bond donors (Lipinski definition) is 0. The standard InChI is InChI=1S/C12H6Br3F2/c13-8-1-2-10(16)9(7-8)11(17)3-5-12(14,15)6-4-11/h1-3,5-7H. The van der Waals surface area contributed by atoms with E-state index >= 15 is 0 Å². The average molecular weight is 428 g/mol. The third-order valence-electron chi connectivity index (χ3n) is 2.33. The molecule has 0 N–H and O–H groups in total. The Bertz CT molecular complexity index is 490. The van der Waals surface area contributed by atoms with Gasteiger partial charge in [0.1, 0.15) is 9.05 Å². The van der Waals surface area contributed by atoms with E-state index in [2.05, 4.69) is 53.9 Å². The Morgan fingerprint density at radius 3 is 2.47 bits per heavy atom. The van der Waals surface area contributed by atoms with Crippen LogP contribution in [0.3, 0.4) is 0 Å². The van der Waals surface area contributed by atoms with Crippen LogP contribution in [0.25, 0.3) is 0 Å². The molecule has 0 saturated heterocycles. The van der Waals surface area contributed by atoms with Gasteiger partial charge < -0.3 is 0 Å². The molecule has 0 fully saturated rings. The molecular formula is C12H6Br3F2. The SMILES string of the molecule is Fc1ccc(Br)cc1C1(F)[C]=CC(Br)(Br)C=C1. The second-order valence-electron chi connectivity index (χ2n) is 3.63. The summed E-state index contributed by atoms with van der Waals surface area (Å²) in [5.41, 5.74) is -2.10. The molecule has 1 aromatic rings. The van der Waals surface area contributed by atoms with Crippen LogP contribution >= 0.6 is 47.8 Å². The monoisotopic (exact) mass is 425 g/mol. The van der Waals surface area contributed by atoms with E-state index in [1.165, 1.54) is 30.4 Å². The van der Waals surface area contributed by atoms with Crippen LogP contribution in [0, 0.1) is 11.9 Å². The third-order valence-corrected chi connectivity index (χ3v) is 3.81. The van der Waals surface area contributed by atoms with Crippen LogP contribution < -0.4 is 0 Å². The fourth-order valence-corrected chi connectivity index (χ4v) is 2.32. The Kier molecular flexibility index (Phi) is 3.63. The van der Waals surface area contributed by atoms with Crippen LogP contribution in [0.1, 0.15) is 5.56 Å². The van der Waals surface area contributed by atoms with E-state index in [4.69, 9.17) is 0 Å². The van der Waals surface area contributed by atoms with Crippen LogP contribution in [0.2, 0.25) is 0 Å². The second-order valence-corrected chi connectivity index (χ2v) is 8.24. The van der Waals surface area contributed by atoms with Crippen molar-refractivity contribution in [2.24, 2.45) is 0 Å². The minimum Gasteiger partial charge on any atom is -0.229 e. The molecule has 0 saturated carbocycles. The molecule has 1 atom stereocenters. The maximum atomic E-state index is 14.6. The van der Waals surface area contributed by atoms with E-state index in [1.54, 1.807) is 6.08 Å². The van der Waals surface area contributed by atoms with Crippen LogP contribution in [0.5, 0.6) is 0 Å². The van der Waals surface area contributed by atoms with E-state index in [0.717, 1.165) is 0 Å². The van der Waals surface area contributed by atoms with Gasteiger partial charge in [-0.05, 0) is 30.4 Å². The summed E-state index contributed by atoms with van der Waals surface area (Å²) in [5, 5.41) is 0. The highest BCUT2D eigenvalue weighted by molar-refractivity contribution is 9.25. The average Bonchev–Trinajstić information content (AvgIpc) is 2.26. The van der Waals surface area contributed by atoms with Crippen molar-refractivity contribution in [3.8, 4) is 0 Å². The zero-order chi connectivity index (χ0) is 12.7. The Hall–Kier alpha value is -0.000000000000000111. The van der Waals surface area contributed by atoms with Gasteiger partial charge in [0.15, 0.2) is 5.67 Å². The van der Waals surface area contributed by atoms with Crippen molar-refractivity contribution < 1.29 is 8.78 Å². The number of rotatable bonds is 1. The summed E-state index contributed by atoms with van der Waals surface area (Å²) < 4.78 is 28.2. The van der Waals surface area contributed by atoms with Gasteiger partial charge in [0.25, 0.3) is 0 Å². The number of alkyl halides is 3. The van der Waals surface area contributed by atoms with E-state index < -0.39 is 14.7 Å². The number of hydrogen-bond acceptors (Lipinski definition) is 0. The summed E-state index contributed by atoms with van der Waals surface area (Å²) in [4.78, 5) is 0. The first-order valence-corrected chi connectivity index (χ1v) is 7.05. The van der Waals surface area contributed by atoms with Crippen molar-refractivity contribution in [3.63, 3.8) is 0 Å². The first kappa shape index (κ1) is 13.4. The Morgan fingerprint density at radius 1 is 1.18 bits per heavy atom. The molecule has 0 heterocycles. The zero-order valence-corrected chi connectivity index (χ0v) is 13.1. The van der Waals surface area contributed by atoms with Crippen molar-refractivity contribution in [2.75, 3.05) is 0 Å². The van der Waals surface area contributed by atoms with Gasteiger partial charge in [-0.3, -0.25) is 0 Å². The molecule has 0 aromatic heterocycles. The van der Waals surface area contributed by atoms with Crippen molar-refractivity contribution in [1.82, 2.24) is 0 Å². The lowest BCUT2D eigenvalue weighted by molar-refractivity contribution is 0.282. The quantitative estimate of drug-likeness (QED) is 0.428. The fraction of sp³-hybridized carbons (Fsp3) is 0.167.